The molecule has 0 bridgehead atoms. The van der Waals surface area contributed by atoms with E-state index in [4.69, 9.17) is 0 Å². The average molecular weight is 260 g/mol. The van der Waals surface area contributed by atoms with Crippen LogP contribution < -0.4 is 5.32 Å². The number of nitrogens with zero attached hydrogens (tertiary/aromatic N) is 1. The summed E-state index contributed by atoms with van der Waals surface area (Å²) in [5.74, 6) is 0.306. The lowest BCUT2D eigenvalue weighted by molar-refractivity contribution is -0.132. The van der Waals surface area contributed by atoms with Crippen LogP contribution in [-0.4, -0.2) is 30.9 Å². The number of benzene rings is 1. The fourth-order valence-corrected chi connectivity index (χ4v) is 2.91. The van der Waals surface area contributed by atoms with E-state index in [1.165, 1.54) is 11.1 Å². The van der Waals surface area contributed by atoms with Crippen LogP contribution in [0.5, 0.6) is 0 Å². The Labute approximate surface area is 116 Å². The summed E-state index contributed by atoms with van der Waals surface area (Å²) in [6.07, 6.45) is 3.80. The van der Waals surface area contributed by atoms with E-state index >= 15 is 0 Å². The van der Waals surface area contributed by atoms with Crippen molar-refractivity contribution in [1.82, 2.24) is 10.2 Å². The number of nitrogens with one attached hydrogen (secondary N) is 1. The van der Waals surface area contributed by atoms with Crippen molar-refractivity contribution in [2.24, 2.45) is 0 Å². The molecule has 0 radical (unpaired) electrons. The third kappa shape index (κ3) is 3.35. The van der Waals surface area contributed by atoms with Crippen molar-refractivity contribution in [3.63, 3.8) is 0 Å². The van der Waals surface area contributed by atoms with Crippen molar-refractivity contribution >= 4 is 5.91 Å². The van der Waals surface area contributed by atoms with E-state index in [-0.39, 0.29) is 0 Å². The normalized spacial score (nSPS) is 18.8. The molecule has 1 N–H and O–H groups in total. The second-order valence-corrected chi connectivity index (χ2v) is 5.31. The number of hydrogen-bond acceptors (Lipinski definition) is 2. The Morgan fingerprint density at radius 2 is 2.21 bits per heavy atom. The minimum Gasteiger partial charge on any atom is -0.336 e. The summed E-state index contributed by atoms with van der Waals surface area (Å²) >= 11 is 0. The van der Waals surface area contributed by atoms with Crippen molar-refractivity contribution in [2.45, 2.75) is 38.6 Å². The number of likely N-dealkylation sites (tertiary alicyclic amines) is 1. The number of rotatable bonds is 5. The van der Waals surface area contributed by atoms with E-state index in [9.17, 15) is 4.79 Å². The molecule has 1 unspecified atom stereocenters. The molecule has 0 saturated carbocycles. The first kappa shape index (κ1) is 14.1. The molecule has 0 spiro atoms. The van der Waals surface area contributed by atoms with Gasteiger partial charge in [-0.1, -0.05) is 24.3 Å². The van der Waals surface area contributed by atoms with Crippen molar-refractivity contribution in [3.05, 3.63) is 35.4 Å². The smallest absolute Gasteiger partial charge is 0.223 e. The fraction of sp³-hybridized carbons (Fsp3) is 0.562. The highest BCUT2D eigenvalue weighted by Gasteiger charge is 2.29. The van der Waals surface area contributed by atoms with Crippen LogP contribution in [0.25, 0.3) is 0 Å². The molecule has 1 heterocycles. The van der Waals surface area contributed by atoms with Crippen molar-refractivity contribution in [1.29, 1.82) is 0 Å². The standard InChI is InChI=1S/C16H24N2O/c1-13-7-3-4-8-14(13)15-9-6-12-18(15)16(19)10-5-11-17-2/h3-4,7-8,15,17H,5-6,9-12H2,1-2H3. The van der Waals surface area contributed by atoms with Crippen LogP contribution in [0, 0.1) is 6.92 Å². The molecule has 3 nitrogen and oxygen atoms in total. The van der Waals surface area contributed by atoms with Crippen molar-refractivity contribution < 1.29 is 4.79 Å². The van der Waals surface area contributed by atoms with E-state index in [0.717, 1.165) is 32.4 Å². The van der Waals surface area contributed by atoms with Gasteiger partial charge in [0, 0.05) is 13.0 Å². The van der Waals surface area contributed by atoms with Gasteiger partial charge in [0.25, 0.3) is 0 Å². The van der Waals surface area contributed by atoms with Crippen molar-refractivity contribution in [2.75, 3.05) is 20.1 Å². The van der Waals surface area contributed by atoms with Crippen LogP contribution in [0.1, 0.15) is 42.9 Å². The zero-order chi connectivity index (χ0) is 13.7. The monoisotopic (exact) mass is 260 g/mol. The van der Waals surface area contributed by atoms with Crippen LogP contribution in [0.2, 0.25) is 0 Å². The first-order chi connectivity index (χ1) is 9.24. The number of carbonyl (C=O) groups excluding carboxylic acids is 1. The molecule has 1 aliphatic rings. The third-order valence-electron chi connectivity index (χ3n) is 3.94. The Morgan fingerprint density at radius 1 is 1.42 bits per heavy atom. The molecule has 19 heavy (non-hydrogen) atoms. The fourth-order valence-electron chi connectivity index (χ4n) is 2.91. The van der Waals surface area contributed by atoms with Crippen molar-refractivity contribution in [3.8, 4) is 0 Å². The summed E-state index contributed by atoms with van der Waals surface area (Å²) in [5, 5.41) is 3.09. The molecular formula is C16H24N2O. The Morgan fingerprint density at radius 3 is 2.95 bits per heavy atom. The number of aryl methyl sites for hydroxylation is 1. The van der Waals surface area contributed by atoms with E-state index in [1.54, 1.807) is 0 Å². The first-order valence-electron chi connectivity index (χ1n) is 7.23. The average Bonchev–Trinajstić information content (AvgIpc) is 2.88. The molecule has 1 saturated heterocycles. The topological polar surface area (TPSA) is 32.3 Å². The van der Waals surface area contributed by atoms with Gasteiger partial charge in [0.15, 0.2) is 0 Å². The molecule has 3 heteroatoms. The maximum absolute atomic E-state index is 12.3. The predicted octanol–water partition coefficient (Wildman–Crippen LogP) is 2.66. The van der Waals surface area contributed by atoms with E-state index in [1.807, 2.05) is 7.05 Å². The molecule has 0 aromatic heterocycles. The van der Waals surface area contributed by atoms with E-state index < -0.39 is 0 Å². The molecule has 2 rings (SSSR count). The molecule has 1 fully saturated rings. The van der Waals surface area contributed by atoms with Gasteiger partial charge >= 0.3 is 0 Å². The maximum atomic E-state index is 12.3. The molecule has 1 aromatic carbocycles. The van der Waals surface area contributed by atoms with E-state index in [0.29, 0.717) is 18.4 Å². The van der Waals surface area contributed by atoms with Crippen LogP contribution in [0.15, 0.2) is 24.3 Å². The third-order valence-corrected chi connectivity index (χ3v) is 3.94. The van der Waals surface area contributed by atoms with Crippen LogP contribution in [0.4, 0.5) is 0 Å². The van der Waals surface area contributed by atoms with Gasteiger partial charge in [-0.2, -0.15) is 0 Å². The maximum Gasteiger partial charge on any atom is 0.223 e. The highest BCUT2D eigenvalue weighted by Crippen LogP contribution is 2.34. The minimum atomic E-state index is 0.295. The lowest BCUT2D eigenvalue weighted by Crippen LogP contribution is -2.31. The van der Waals surface area contributed by atoms with Gasteiger partial charge in [0.1, 0.15) is 0 Å². The zero-order valence-electron chi connectivity index (χ0n) is 12.0. The first-order valence-corrected chi connectivity index (χ1v) is 7.23. The number of carbonyl (C=O) groups is 1. The van der Waals surface area contributed by atoms with E-state index in [2.05, 4.69) is 41.4 Å². The van der Waals surface area contributed by atoms with Gasteiger partial charge in [-0.15, -0.1) is 0 Å². The summed E-state index contributed by atoms with van der Waals surface area (Å²) in [6.45, 7) is 3.96. The van der Waals surface area contributed by atoms with Crippen LogP contribution in [-0.2, 0) is 4.79 Å². The number of amides is 1. The Kier molecular flexibility index (Phi) is 4.97. The molecule has 1 amide bonds. The van der Waals surface area contributed by atoms with Gasteiger partial charge in [-0.3, -0.25) is 4.79 Å². The molecule has 1 aromatic rings. The molecule has 104 valence electrons. The van der Waals surface area contributed by atoms with Gasteiger partial charge < -0.3 is 10.2 Å². The molecule has 0 aliphatic carbocycles. The van der Waals surface area contributed by atoms with Gasteiger partial charge in [0.2, 0.25) is 5.91 Å². The van der Waals surface area contributed by atoms with Gasteiger partial charge in [0.05, 0.1) is 6.04 Å². The summed E-state index contributed by atoms with van der Waals surface area (Å²) in [6, 6.07) is 8.73. The Hall–Kier alpha value is -1.35. The second-order valence-electron chi connectivity index (χ2n) is 5.31. The minimum absolute atomic E-state index is 0.295. The molecule has 1 aliphatic heterocycles. The Bertz CT molecular complexity index is 431. The SMILES string of the molecule is CNCCCC(=O)N1CCCC1c1ccccc1C. The Balaban J connectivity index is 2.05. The lowest BCUT2D eigenvalue weighted by Gasteiger charge is -2.26. The summed E-state index contributed by atoms with van der Waals surface area (Å²) in [5.41, 5.74) is 2.62. The molecule has 1 atom stereocenters. The highest BCUT2D eigenvalue weighted by atomic mass is 16.2. The predicted molar refractivity (Wildman–Crippen MR) is 78.0 cm³/mol. The van der Waals surface area contributed by atoms with Crippen LogP contribution in [0.3, 0.4) is 0 Å². The zero-order valence-corrected chi connectivity index (χ0v) is 12.0. The quantitative estimate of drug-likeness (QED) is 0.826. The highest BCUT2D eigenvalue weighted by molar-refractivity contribution is 5.77. The summed E-state index contributed by atoms with van der Waals surface area (Å²) < 4.78 is 0. The van der Waals surface area contributed by atoms with Gasteiger partial charge in [-0.05, 0) is 50.9 Å². The van der Waals surface area contributed by atoms with Crippen LogP contribution >= 0.6 is 0 Å². The lowest BCUT2D eigenvalue weighted by atomic mass is 9.99. The largest absolute Gasteiger partial charge is 0.336 e. The number of hydrogen-bond donors (Lipinski definition) is 1. The van der Waals surface area contributed by atoms with Gasteiger partial charge in [-0.25, -0.2) is 0 Å². The second kappa shape index (κ2) is 6.71. The molecular weight excluding hydrogens is 236 g/mol. The summed E-state index contributed by atoms with van der Waals surface area (Å²) in [7, 11) is 1.93. The summed E-state index contributed by atoms with van der Waals surface area (Å²) in [4.78, 5) is 14.4.